The average Bonchev–Trinajstić information content (AvgIpc) is 3.12. The second kappa shape index (κ2) is 7.16. The van der Waals surface area contributed by atoms with Crippen molar-refractivity contribution in [2.75, 3.05) is 13.7 Å². The Hall–Kier alpha value is -2.65. The third-order valence-corrected chi connectivity index (χ3v) is 4.40. The smallest absolute Gasteiger partial charge is 0.228 e. The first-order chi connectivity index (χ1) is 13.0. The van der Waals surface area contributed by atoms with E-state index in [9.17, 15) is 15.3 Å². The summed E-state index contributed by atoms with van der Waals surface area (Å²) in [6, 6.07) is 12.3. The molecule has 27 heavy (non-hydrogen) atoms. The van der Waals surface area contributed by atoms with E-state index >= 15 is 0 Å². The first-order valence-electron chi connectivity index (χ1n) is 8.42. The van der Waals surface area contributed by atoms with Gasteiger partial charge in [0.05, 0.1) is 13.7 Å². The Labute approximate surface area is 154 Å². The Morgan fingerprint density at radius 1 is 1.00 bits per heavy atom. The lowest BCUT2D eigenvalue weighted by Gasteiger charge is -2.34. The number of fused-ring (bicyclic) bond motifs is 1. The normalized spacial score (nSPS) is 25.5. The number of rotatable bonds is 4. The molecular weight excluding hydrogens is 354 g/mol. The van der Waals surface area contributed by atoms with Crippen molar-refractivity contribution in [1.29, 1.82) is 0 Å². The number of aromatic nitrogens is 1. The lowest BCUT2D eigenvalue weighted by Crippen LogP contribution is -2.54. The molecule has 2 heterocycles. The molecule has 1 saturated heterocycles. The number of hydrogen-bond acceptors (Lipinski definition) is 8. The highest BCUT2D eigenvalue weighted by molar-refractivity contribution is 5.77. The average molecular weight is 373 g/mol. The van der Waals surface area contributed by atoms with Crippen LogP contribution in [0, 0.1) is 0 Å². The lowest BCUT2D eigenvalue weighted by atomic mass is 10.1. The topological polar surface area (TPSA) is 114 Å². The quantitative estimate of drug-likeness (QED) is 0.627. The minimum atomic E-state index is -1.35. The van der Waals surface area contributed by atoms with Crippen LogP contribution in [0.25, 0.3) is 22.6 Å². The van der Waals surface area contributed by atoms with Crippen LogP contribution in [-0.2, 0) is 4.74 Å². The van der Waals surface area contributed by atoms with Gasteiger partial charge in [0, 0.05) is 11.6 Å². The highest BCUT2D eigenvalue weighted by Crippen LogP contribution is 2.29. The van der Waals surface area contributed by atoms with E-state index in [0.29, 0.717) is 28.5 Å². The van der Waals surface area contributed by atoms with Gasteiger partial charge in [-0.3, -0.25) is 0 Å². The van der Waals surface area contributed by atoms with Crippen LogP contribution in [0.3, 0.4) is 0 Å². The second-order valence-electron chi connectivity index (χ2n) is 6.25. The maximum atomic E-state index is 9.93. The van der Waals surface area contributed by atoms with E-state index in [1.807, 2.05) is 0 Å². The van der Waals surface area contributed by atoms with E-state index in [4.69, 9.17) is 18.6 Å². The van der Waals surface area contributed by atoms with E-state index in [1.165, 1.54) is 0 Å². The highest BCUT2D eigenvalue weighted by Gasteiger charge is 2.38. The zero-order valence-electron chi connectivity index (χ0n) is 14.5. The Kier molecular flexibility index (Phi) is 4.71. The summed E-state index contributed by atoms with van der Waals surface area (Å²) in [7, 11) is 1.59. The molecule has 0 spiro atoms. The predicted octanol–water partition coefficient (Wildman–Crippen LogP) is 1.32. The molecule has 1 aromatic heterocycles. The van der Waals surface area contributed by atoms with Crippen LogP contribution in [0.5, 0.6) is 11.5 Å². The number of benzene rings is 2. The monoisotopic (exact) mass is 373 g/mol. The summed E-state index contributed by atoms with van der Waals surface area (Å²) in [4.78, 5) is 4.45. The van der Waals surface area contributed by atoms with E-state index in [2.05, 4.69) is 4.98 Å². The molecule has 1 aliphatic rings. The molecule has 3 aromatic rings. The summed E-state index contributed by atoms with van der Waals surface area (Å²) in [6.45, 7) is -0.118. The van der Waals surface area contributed by atoms with Gasteiger partial charge in [0.1, 0.15) is 35.3 Å². The lowest BCUT2D eigenvalue weighted by molar-refractivity contribution is -0.242. The molecule has 0 radical (unpaired) electrons. The van der Waals surface area contributed by atoms with Crippen molar-refractivity contribution in [3.8, 4) is 23.0 Å². The summed E-state index contributed by atoms with van der Waals surface area (Å²) in [5.41, 5.74) is 2.09. The van der Waals surface area contributed by atoms with Crippen molar-refractivity contribution in [3.05, 3.63) is 42.5 Å². The molecule has 4 rings (SSSR count). The first kappa shape index (κ1) is 17.7. The number of hydrogen-bond donors (Lipinski definition) is 3. The van der Waals surface area contributed by atoms with Gasteiger partial charge in [0.25, 0.3) is 0 Å². The molecule has 0 saturated carbocycles. The third-order valence-electron chi connectivity index (χ3n) is 4.40. The van der Waals surface area contributed by atoms with Crippen LogP contribution >= 0.6 is 0 Å². The fourth-order valence-corrected chi connectivity index (χ4v) is 2.85. The van der Waals surface area contributed by atoms with E-state index < -0.39 is 24.6 Å². The molecule has 8 nitrogen and oxygen atoms in total. The van der Waals surface area contributed by atoms with Gasteiger partial charge in [-0.1, -0.05) is 0 Å². The van der Waals surface area contributed by atoms with Gasteiger partial charge in [-0.2, -0.15) is 0 Å². The van der Waals surface area contributed by atoms with Gasteiger partial charge in [-0.05, 0) is 36.4 Å². The van der Waals surface area contributed by atoms with Gasteiger partial charge in [0.15, 0.2) is 5.58 Å². The van der Waals surface area contributed by atoms with Crippen LogP contribution in [0.1, 0.15) is 0 Å². The fraction of sp³-hybridized carbons (Fsp3) is 0.316. The molecule has 1 aliphatic heterocycles. The Morgan fingerprint density at radius 2 is 1.74 bits per heavy atom. The van der Waals surface area contributed by atoms with Crippen molar-refractivity contribution in [1.82, 2.24) is 4.98 Å². The van der Waals surface area contributed by atoms with E-state index in [1.54, 1.807) is 49.6 Å². The summed E-state index contributed by atoms with van der Waals surface area (Å²) in [6.07, 6.45) is -4.87. The molecule has 4 atom stereocenters. The summed E-state index contributed by atoms with van der Waals surface area (Å²) >= 11 is 0. The molecule has 8 heteroatoms. The number of aliphatic hydroxyl groups is 3. The number of oxazole rings is 1. The van der Waals surface area contributed by atoms with Crippen LogP contribution < -0.4 is 9.47 Å². The number of methoxy groups -OCH3 is 1. The highest BCUT2D eigenvalue weighted by atomic mass is 16.7. The molecule has 0 unspecified atom stereocenters. The standard InChI is InChI=1S/C19H19NO7/c1-24-12-6-7-15-13(8-12)20-18(27-15)10-2-4-11(5-3-10)26-19-17(23)16(22)14(21)9-25-19/h2-8,14,16-17,19,21-23H,9H2,1H3/t14-,16+,17-,19+/m1/s1. The fourth-order valence-electron chi connectivity index (χ4n) is 2.85. The molecule has 0 aliphatic carbocycles. The van der Waals surface area contributed by atoms with Crippen LogP contribution in [0.15, 0.2) is 46.9 Å². The van der Waals surface area contributed by atoms with Gasteiger partial charge in [-0.15, -0.1) is 0 Å². The summed E-state index contributed by atoms with van der Waals surface area (Å²) < 4.78 is 21.7. The Morgan fingerprint density at radius 3 is 2.48 bits per heavy atom. The zero-order valence-corrected chi connectivity index (χ0v) is 14.5. The summed E-state index contributed by atoms with van der Waals surface area (Å²) in [5.74, 6) is 1.59. The zero-order chi connectivity index (χ0) is 19.0. The molecule has 3 N–H and O–H groups in total. The number of nitrogens with zero attached hydrogens (tertiary/aromatic N) is 1. The third kappa shape index (κ3) is 3.47. The van der Waals surface area contributed by atoms with Gasteiger partial charge in [0.2, 0.25) is 12.2 Å². The Bertz CT molecular complexity index is 923. The maximum Gasteiger partial charge on any atom is 0.228 e. The molecule has 0 bridgehead atoms. The number of ether oxygens (including phenoxy) is 3. The van der Waals surface area contributed by atoms with Crippen LogP contribution in [-0.4, -0.2) is 58.6 Å². The van der Waals surface area contributed by atoms with Gasteiger partial charge < -0.3 is 33.9 Å². The maximum absolute atomic E-state index is 9.93. The van der Waals surface area contributed by atoms with Crippen molar-refractivity contribution < 1.29 is 33.9 Å². The van der Waals surface area contributed by atoms with E-state index in [0.717, 1.165) is 5.56 Å². The van der Waals surface area contributed by atoms with Crippen LogP contribution in [0.2, 0.25) is 0 Å². The second-order valence-corrected chi connectivity index (χ2v) is 6.25. The Balaban J connectivity index is 1.50. The van der Waals surface area contributed by atoms with Crippen molar-refractivity contribution in [3.63, 3.8) is 0 Å². The van der Waals surface area contributed by atoms with Crippen molar-refractivity contribution in [2.24, 2.45) is 0 Å². The first-order valence-corrected chi connectivity index (χ1v) is 8.42. The minimum Gasteiger partial charge on any atom is -0.497 e. The molecule has 142 valence electrons. The minimum absolute atomic E-state index is 0.118. The summed E-state index contributed by atoms with van der Waals surface area (Å²) in [5, 5.41) is 29.1. The van der Waals surface area contributed by atoms with Gasteiger partial charge in [-0.25, -0.2) is 4.98 Å². The van der Waals surface area contributed by atoms with E-state index in [-0.39, 0.29) is 6.61 Å². The largest absolute Gasteiger partial charge is 0.497 e. The number of aliphatic hydroxyl groups excluding tert-OH is 3. The van der Waals surface area contributed by atoms with Crippen molar-refractivity contribution >= 4 is 11.1 Å². The molecule has 0 amide bonds. The van der Waals surface area contributed by atoms with Crippen molar-refractivity contribution in [2.45, 2.75) is 24.6 Å². The molecular formula is C19H19NO7. The van der Waals surface area contributed by atoms with Crippen LogP contribution in [0.4, 0.5) is 0 Å². The van der Waals surface area contributed by atoms with Gasteiger partial charge >= 0.3 is 0 Å². The predicted molar refractivity (Wildman–Crippen MR) is 94.4 cm³/mol. The molecule has 2 aromatic carbocycles. The molecule has 1 fully saturated rings. The SMILES string of the molecule is COc1ccc2oc(-c3ccc(O[C@@H]4OC[C@@H](O)[C@H](O)[C@H]4O)cc3)nc2c1.